The Morgan fingerprint density at radius 3 is 2.74 bits per heavy atom. The highest BCUT2D eigenvalue weighted by molar-refractivity contribution is 6.28. The molecule has 1 saturated carbocycles. The van der Waals surface area contributed by atoms with Crippen molar-refractivity contribution in [3.05, 3.63) is 11.6 Å². The van der Waals surface area contributed by atoms with Gasteiger partial charge in [0.05, 0.1) is 12.9 Å². The predicted octanol–water partition coefficient (Wildman–Crippen LogP) is 3.27. The predicted molar refractivity (Wildman–Crippen MR) is 115 cm³/mol. The first-order valence-electron chi connectivity index (χ1n) is 11.2. The molecular weight excluding hydrogens is 422 g/mol. The summed E-state index contributed by atoms with van der Waals surface area (Å²) < 4.78 is 19.9. The molecule has 2 aliphatic heterocycles. The van der Waals surface area contributed by atoms with Crippen molar-refractivity contribution in [2.75, 3.05) is 18.5 Å². The fraction of sp³-hybridized carbons (Fsp3) is 0.762. The monoisotopic (exact) mass is 451 g/mol. The zero-order valence-corrected chi connectivity index (χ0v) is 18.7. The summed E-state index contributed by atoms with van der Waals surface area (Å²) in [6, 6.07) is 0. The number of ether oxygens (including phenoxy) is 3. The van der Waals surface area contributed by atoms with Gasteiger partial charge in [-0.1, -0.05) is 32.1 Å². The van der Waals surface area contributed by atoms with Gasteiger partial charge in [0.25, 0.3) is 0 Å². The average Bonchev–Trinajstić information content (AvgIpc) is 3.39. The van der Waals surface area contributed by atoms with E-state index in [9.17, 15) is 5.11 Å². The second kappa shape index (κ2) is 8.44. The maximum absolute atomic E-state index is 9.76. The fourth-order valence-corrected chi connectivity index (χ4v) is 5.26. The summed E-state index contributed by atoms with van der Waals surface area (Å²) in [4.78, 5) is 13.3. The van der Waals surface area contributed by atoms with E-state index in [1.54, 1.807) is 10.9 Å². The topological polar surface area (TPSA) is 104 Å². The van der Waals surface area contributed by atoms with E-state index >= 15 is 0 Å². The number of aliphatic hydroxyl groups is 1. The third-order valence-corrected chi connectivity index (χ3v) is 6.71. The molecule has 4 heterocycles. The molecule has 0 bridgehead atoms. The first kappa shape index (κ1) is 21.3. The van der Waals surface area contributed by atoms with E-state index in [1.807, 2.05) is 13.8 Å². The first-order chi connectivity index (χ1) is 14.9. The van der Waals surface area contributed by atoms with Crippen LogP contribution in [0.1, 0.15) is 58.6 Å². The molecule has 9 nitrogen and oxygen atoms in total. The van der Waals surface area contributed by atoms with Crippen molar-refractivity contribution in [2.45, 2.75) is 82.7 Å². The molecule has 31 heavy (non-hydrogen) atoms. The highest BCUT2D eigenvalue weighted by Crippen LogP contribution is 2.43. The number of fused-ring (bicyclic) bond motifs is 2. The maximum Gasteiger partial charge on any atom is 0.226 e. The Hall–Kier alpha value is -1.52. The molecule has 2 aromatic rings. The fourth-order valence-electron chi connectivity index (χ4n) is 5.10. The van der Waals surface area contributed by atoms with E-state index in [1.165, 1.54) is 32.1 Å². The normalized spacial score (nSPS) is 30.7. The Labute approximate surface area is 186 Å². The molecule has 0 radical (unpaired) electrons. The highest BCUT2D eigenvalue weighted by Gasteiger charge is 2.56. The second-order valence-electron chi connectivity index (χ2n) is 9.20. The Morgan fingerprint density at radius 1 is 1.19 bits per heavy atom. The third-order valence-electron chi connectivity index (χ3n) is 6.54. The van der Waals surface area contributed by atoms with E-state index in [4.69, 9.17) is 25.8 Å². The van der Waals surface area contributed by atoms with Crippen molar-refractivity contribution in [3.63, 3.8) is 0 Å². The lowest BCUT2D eigenvalue weighted by atomic mass is 9.87. The van der Waals surface area contributed by atoms with Crippen LogP contribution in [-0.4, -0.2) is 61.9 Å². The number of imidazole rings is 1. The van der Waals surface area contributed by atoms with Crippen LogP contribution in [0.5, 0.6) is 0 Å². The molecule has 0 amide bonds. The Kier molecular flexibility index (Phi) is 5.81. The van der Waals surface area contributed by atoms with Gasteiger partial charge in [0.2, 0.25) is 5.28 Å². The van der Waals surface area contributed by atoms with Gasteiger partial charge >= 0.3 is 0 Å². The lowest BCUT2D eigenvalue weighted by Crippen LogP contribution is -2.31. The van der Waals surface area contributed by atoms with Crippen molar-refractivity contribution in [1.29, 1.82) is 0 Å². The summed E-state index contributed by atoms with van der Waals surface area (Å²) in [6.45, 7) is 4.38. The second-order valence-corrected chi connectivity index (χ2v) is 9.54. The Bertz CT molecular complexity index is 932. The van der Waals surface area contributed by atoms with Crippen LogP contribution in [0.2, 0.25) is 5.28 Å². The number of aliphatic hydroxyl groups excluding tert-OH is 1. The molecule has 170 valence electrons. The maximum atomic E-state index is 9.76. The highest BCUT2D eigenvalue weighted by atomic mass is 35.5. The third kappa shape index (κ3) is 4.14. The summed E-state index contributed by atoms with van der Waals surface area (Å²) in [5.41, 5.74) is 1.20. The van der Waals surface area contributed by atoms with Crippen LogP contribution in [0, 0.1) is 5.92 Å². The van der Waals surface area contributed by atoms with E-state index in [2.05, 4.69) is 20.3 Å². The minimum absolute atomic E-state index is 0.145. The molecule has 2 N–H and O–H groups in total. The van der Waals surface area contributed by atoms with Gasteiger partial charge in [-0.25, -0.2) is 4.98 Å². The van der Waals surface area contributed by atoms with Gasteiger partial charge in [0, 0.05) is 6.54 Å². The van der Waals surface area contributed by atoms with Crippen LogP contribution >= 0.6 is 11.6 Å². The van der Waals surface area contributed by atoms with Crippen LogP contribution in [-0.2, 0) is 14.2 Å². The SMILES string of the molecule is CC1(C)O[C@@H]2C(CO)OC(n3cnc4c(NCCC5CCCCC5)nc(Cl)nc43)[C@@H]2O1. The zero-order chi connectivity index (χ0) is 21.6. The smallest absolute Gasteiger partial charge is 0.226 e. The largest absolute Gasteiger partial charge is 0.394 e. The molecule has 2 unspecified atom stereocenters. The van der Waals surface area contributed by atoms with Crippen molar-refractivity contribution in [3.8, 4) is 0 Å². The van der Waals surface area contributed by atoms with Crippen molar-refractivity contribution >= 4 is 28.6 Å². The van der Waals surface area contributed by atoms with Gasteiger partial charge in [-0.3, -0.25) is 4.57 Å². The molecule has 2 saturated heterocycles. The number of hydrogen-bond acceptors (Lipinski definition) is 8. The molecule has 1 aliphatic carbocycles. The van der Waals surface area contributed by atoms with Crippen LogP contribution in [0.3, 0.4) is 0 Å². The molecule has 10 heteroatoms. The summed E-state index contributed by atoms with van der Waals surface area (Å²) in [5.74, 6) is 0.648. The van der Waals surface area contributed by atoms with Gasteiger partial charge in [-0.15, -0.1) is 0 Å². The van der Waals surface area contributed by atoms with E-state index < -0.39 is 18.1 Å². The molecular formula is C21H30ClN5O4. The minimum atomic E-state index is -0.750. The van der Waals surface area contributed by atoms with E-state index in [0.717, 1.165) is 18.9 Å². The van der Waals surface area contributed by atoms with Crippen molar-refractivity contribution < 1.29 is 19.3 Å². The summed E-state index contributed by atoms with van der Waals surface area (Å²) in [5, 5.41) is 13.3. The molecule has 3 aliphatic rings. The first-order valence-corrected chi connectivity index (χ1v) is 11.6. The minimum Gasteiger partial charge on any atom is -0.394 e. The van der Waals surface area contributed by atoms with Gasteiger partial charge in [-0.05, 0) is 37.8 Å². The number of rotatable bonds is 6. The van der Waals surface area contributed by atoms with Crippen LogP contribution in [0.15, 0.2) is 6.33 Å². The lowest BCUT2D eigenvalue weighted by molar-refractivity contribution is -0.199. The van der Waals surface area contributed by atoms with Crippen LogP contribution in [0.4, 0.5) is 5.82 Å². The van der Waals surface area contributed by atoms with Gasteiger partial charge in [-0.2, -0.15) is 9.97 Å². The Balaban J connectivity index is 1.38. The molecule has 3 fully saturated rings. The number of anilines is 1. The van der Waals surface area contributed by atoms with E-state index in [-0.39, 0.29) is 24.1 Å². The number of aromatic nitrogens is 4. The average molecular weight is 452 g/mol. The standard InChI is InChI=1S/C21H30ClN5O4/c1-21(2)30-15-13(10-28)29-19(16(15)31-21)27-11-24-14-17(25-20(22)26-18(14)27)23-9-8-12-6-4-3-5-7-12/h11-13,15-16,19,28H,3-10H2,1-2H3,(H,23,25,26)/t13?,15-,16-,19?/m1/s1. The van der Waals surface area contributed by atoms with Gasteiger partial charge in [0.15, 0.2) is 29.0 Å². The number of nitrogens with zero attached hydrogens (tertiary/aromatic N) is 4. The molecule has 2 aromatic heterocycles. The van der Waals surface area contributed by atoms with Crippen molar-refractivity contribution in [2.24, 2.45) is 5.92 Å². The number of hydrogen-bond donors (Lipinski definition) is 2. The Morgan fingerprint density at radius 2 is 1.97 bits per heavy atom. The summed E-state index contributed by atoms with van der Waals surface area (Å²) in [6.07, 6.45) is 7.64. The summed E-state index contributed by atoms with van der Waals surface area (Å²) in [7, 11) is 0. The quantitative estimate of drug-likeness (QED) is 0.645. The zero-order valence-electron chi connectivity index (χ0n) is 18.0. The lowest BCUT2D eigenvalue weighted by Gasteiger charge is -2.24. The van der Waals surface area contributed by atoms with Crippen molar-refractivity contribution in [1.82, 2.24) is 19.5 Å². The van der Waals surface area contributed by atoms with Gasteiger partial charge in [0.1, 0.15) is 18.3 Å². The molecule has 0 aromatic carbocycles. The summed E-state index contributed by atoms with van der Waals surface area (Å²) >= 11 is 6.26. The molecule has 5 rings (SSSR count). The van der Waals surface area contributed by atoms with Gasteiger partial charge < -0.3 is 24.6 Å². The number of halogens is 1. The molecule has 4 atom stereocenters. The van der Waals surface area contributed by atoms with Crippen LogP contribution < -0.4 is 5.32 Å². The van der Waals surface area contributed by atoms with Crippen LogP contribution in [0.25, 0.3) is 11.2 Å². The number of nitrogens with one attached hydrogen (secondary N) is 1. The van der Waals surface area contributed by atoms with E-state index in [0.29, 0.717) is 17.0 Å². The molecule has 0 spiro atoms.